The summed E-state index contributed by atoms with van der Waals surface area (Å²) in [7, 11) is 0. The number of hydrogen-bond donors (Lipinski definition) is 1. The summed E-state index contributed by atoms with van der Waals surface area (Å²) < 4.78 is 1.62. The van der Waals surface area contributed by atoms with Crippen molar-refractivity contribution in [3.05, 3.63) is 81.8 Å². The first-order chi connectivity index (χ1) is 12.4. The van der Waals surface area contributed by atoms with Gasteiger partial charge in [0.25, 0.3) is 5.56 Å². The Hall–Kier alpha value is -3.14. The van der Waals surface area contributed by atoms with Gasteiger partial charge in [0.05, 0.1) is 22.6 Å². The van der Waals surface area contributed by atoms with Crippen molar-refractivity contribution in [1.29, 1.82) is 0 Å². The maximum absolute atomic E-state index is 13.2. The standard InChI is InChI=1S/C22H21N3O/c1-22(2,3)20-18(13-15-14-23-19-12-8-7-11-17(15)19)21(26)25(24-20)16-9-5-4-6-10-16/h4-14,24H,1-3H3/b15-13-. The molecule has 0 amide bonds. The maximum atomic E-state index is 13.2. The van der Waals surface area contributed by atoms with E-state index in [1.807, 2.05) is 66.9 Å². The van der Waals surface area contributed by atoms with Gasteiger partial charge in [0.2, 0.25) is 0 Å². The summed E-state index contributed by atoms with van der Waals surface area (Å²) >= 11 is 0. The van der Waals surface area contributed by atoms with Crippen LogP contribution in [0.5, 0.6) is 0 Å². The molecule has 1 aromatic heterocycles. The van der Waals surface area contributed by atoms with Gasteiger partial charge in [0, 0.05) is 22.8 Å². The Kier molecular flexibility index (Phi) is 3.76. The summed E-state index contributed by atoms with van der Waals surface area (Å²) in [5.41, 5.74) is 5.13. The molecule has 26 heavy (non-hydrogen) atoms. The van der Waals surface area contributed by atoms with Gasteiger partial charge in [0.15, 0.2) is 0 Å². The average molecular weight is 343 g/mol. The number of aliphatic imine (C=N–C) groups is 1. The molecule has 0 saturated heterocycles. The van der Waals surface area contributed by atoms with Crippen molar-refractivity contribution in [3.8, 4) is 5.69 Å². The van der Waals surface area contributed by atoms with Gasteiger partial charge in [0.1, 0.15) is 0 Å². The average Bonchev–Trinajstić information content (AvgIpc) is 3.18. The highest BCUT2D eigenvalue weighted by Gasteiger charge is 2.25. The molecule has 4 rings (SSSR count). The minimum atomic E-state index is -0.194. The number of hydrogen-bond acceptors (Lipinski definition) is 2. The Morgan fingerprint density at radius 1 is 1.00 bits per heavy atom. The van der Waals surface area contributed by atoms with Gasteiger partial charge >= 0.3 is 0 Å². The number of aromatic nitrogens is 2. The van der Waals surface area contributed by atoms with E-state index >= 15 is 0 Å². The van der Waals surface area contributed by atoms with Gasteiger partial charge in [-0.05, 0) is 24.3 Å². The van der Waals surface area contributed by atoms with E-state index in [0.29, 0.717) is 5.56 Å². The molecule has 2 heterocycles. The van der Waals surface area contributed by atoms with Crippen molar-refractivity contribution in [2.24, 2.45) is 4.99 Å². The second kappa shape index (κ2) is 5.99. The number of aromatic amines is 1. The molecular weight excluding hydrogens is 322 g/mol. The summed E-state index contributed by atoms with van der Waals surface area (Å²) in [4.78, 5) is 17.6. The molecule has 1 aliphatic rings. The molecule has 1 N–H and O–H groups in total. The summed E-state index contributed by atoms with van der Waals surface area (Å²) in [6, 6.07) is 17.6. The van der Waals surface area contributed by atoms with Crippen LogP contribution in [0, 0.1) is 0 Å². The molecule has 130 valence electrons. The van der Waals surface area contributed by atoms with Crippen LogP contribution in [0.4, 0.5) is 5.69 Å². The molecule has 0 atom stereocenters. The monoisotopic (exact) mass is 343 g/mol. The zero-order valence-corrected chi connectivity index (χ0v) is 15.2. The topological polar surface area (TPSA) is 50.1 Å². The second-order valence-electron chi connectivity index (χ2n) is 7.50. The Labute approximate surface area is 152 Å². The van der Waals surface area contributed by atoms with Crippen LogP contribution in [0.2, 0.25) is 0 Å². The summed E-state index contributed by atoms with van der Waals surface area (Å²) in [5, 5.41) is 3.32. The highest BCUT2D eigenvalue weighted by atomic mass is 16.1. The van der Waals surface area contributed by atoms with Crippen molar-refractivity contribution in [2.75, 3.05) is 0 Å². The lowest BCUT2D eigenvalue weighted by atomic mass is 9.88. The summed E-state index contributed by atoms with van der Waals surface area (Å²) in [6.45, 7) is 6.31. The number of benzene rings is 2. The molecule has 0 aliphatic carbocycles. The molecule has 0 saturated carbocycles. The van der Waals surface area contributed by atoms with Crippen LogP contribution in [0.3, 0.4) is 0 Å². The number of para-hydroxylation sites is 2. The number of H-pyrrole nitrogens is 1. The third-order valence-corrected chi connectivity index (χ3v) is 4.55. The van der Waals surface area contributed by atoms with Crippen molar-refractivity contribution in [3.63, 3.8) is 0 Å². The van der Waals surface area contributed by atoms with E-state index in [4.69, 9.17) is 0 Å². The molecule has 0 fully saturated rings. The van der Waals surface area contributed by atoms with Gasteiger partial charge in [-0.15, -0.1) is 0 Å². The number of nitrogens with zero attached hydrogens (tertiary/aromatic N) is 2. The van der Waals surface area contributed by atoms with Crippen LogP contribution in [-0.4, -0.2) is 16.0 Å². The van der Waals surface area contributed by atoms with Crippen LogP contribution in [0.15, 0.2) is 64.4 Å². The lowest BCUT2D eigenvalue weighted by molar-refractivity contribution is 0.559. The lowest BCUT2D eigenvalue weighted by Crippen LogP contribution is -2.16. The van der Waals surface area contributed by atoms with E-state index in [0.717, 1.165) is 28.2 Å². The largest absolute Gasteiger partial charge is 0.294 e. The van der Waals surface area contributed by atoms with Crippen LogP contribution in [0.25, 0.3) is 17.3 Å². The van der Waals surface area contributed by atoms with E-state index in [1.165, 1.54) is 0 Å². The molecule has 0 unspecified atom stereocenters. The Morgan fingerprint density at radius 3 is 2.42 bits per heavy atom. The molecule has 0 spiro atoms. The van der Waals surface area contributed by atoms with Gasteiger partial charge in [-0.2, -0.15) is 0 Å². The number of allylic oxidation sites excluding steroid dienone is 1. The van der Waals surface area contributed by atoms with Gasteiger partial charge in [-0.25, -0.2) is 4.68 Å². The molecule has 4 heteroatoms. The van der Waals surface area contributed by atoms with Gasteiger partial charge in [-0.1, -0.05) is 57.2 Å². The molecular formula is C22H21N3O. The number of fused-ring (bicyclic) bond motifs is 1. The van der Waals surface area contributed by atoms with E-state index in [2.05, 4.69) is 30.9 Å². The molecule has 1 aliphatic heterocycles. The fourth-order valence-corrected chi connectivity index (χ4v) is 3.22. The highest BCUT2D eigenvalue weighted by Crippen LogP contribution is 2.33. The third-order valence-electron chi connectivity index (χ3n) is 4.55. The smallest absolute Gasteiger partial charge is 0.278 e. The first-order valence-corrected chi connectivity index (χ1v) is 8.71. The third kappa shape index (κ3) is 2.73. The lowest BCUT2D eigenvalue weighted by Gasteiger charge is -2.17. The first kappa shape index (κ1) is 16.3. The predicted octanol–water partition coefficient (Wildman–Crippen LogP) is 4.72. The summed E-state index contributed by atoms with van der Waals surface area (Å²) in [5.74, 6) is 0. The maximum Gasteiger partial charge on any atom is 0.278 e. The van der Waals surface area contributed by atoms with Crippen molar-refractivity contribution in [1.82, 2.24) is 9.78 Å². The van der Waals surface area contributed by atoms with E-state index in [9.17, 15) is 4.79 Å². The van der Waals surface area contributed by atoms with Crippen molar-refractivity contribution >= 4 is 23.6 Å². The molecule has 3 aromatic rings. The Morgan fingerprint density at radius 2 is 1.69 bits per heavy atom. The van der Waals surface area contributed by atoms with Crippen LogP contribution < -0.4 is 5.56 Å². The molecule has 0 radical (unpaired) electrons. The van der Waals surface area contributed by atoms with Crippen molar-refractivity contribution < 1.29 is 0 Å². The summed E-state index contributed by atoms with van der Waals surface area (Å²) in [6.07, 6.45) is 3.78. The zero-order valence-electron chi connectivity index (χ0n) is 15.2. The van der Waals surface area contributed by atoms with E-state index in [1.54, 1.807) is 4.68 Å². The zero-order chi connectivity index (χ0) is 18.3. The van der Waals surface area contributed by atoms with Crippen LogP contribution in [-0.2, 0) is 5.41 Å². The fourth-order valence-electron chi connectivity index (χ4n) is 3.22. The quantitative estimate of drug-likeness (QED) is 0.719. The predicted molar refractivity (Wildman–Crippen MR) is 108 cm³/mol. The van der Waals surface area contributed by atoms with E-state index < -0.39 is 0 Å². The Bertz CT molecular complexity index is 1080. The fraction of sp³-hybridized carbons (Fsp3) is 0.182. The van der Waals surface area contributed by atoms with Gasteiger partial charge < -0.3 is 0 Å². The second-order valence-corrected chi connectivity index (χ2v) is 7.50. The molecule has 4 nitrogen and oxygen atoms in total. The molecule has 0 bridgehead atoms. The van der Waals surface area contributed by atoms with E-state index in [-0.39, 0.29) is 11.0 Å². The van der Waals surface area contributed by atoms with Crippen molar-refractivity contribution in [2.45, 2.75) is 26.2 Å². The minimum Gasteiger partial charge on any atom is -0.294 e. The van der Waals surface area contributed by atoms with Crippen LogP contribution >= 0.6 is 0 Å². The Balaban J connectivity index is 1.92. The molecule has 2 aromatic carbocycles. The van der Waals surface area contributed by atoms with Crippen LogP contribution in [0.1, 0.15) is 37.6 Å². The van der Waals surface area contributed by atoms with Gasteiger partial charge in [-0.3, -0.25) is 14.9 Å². The normalized spacial score (nSPS) is 14.8. The first-order valence-electron chi connectivity index (χ1n) is 8.71. The SMILES string of the molecule is CC(C)(C)c1[nH]n(-c2ccccc2)c(=O)c1/C=C1/C=Nc2ccccc21. The number of rotatable bonds is 2. The number of nitrogens with one attached hydrogen (secondary N) is 1. The highest BCUT2D eigenvalue weighted by molar-refractivity contribution is 6.21. The minimum absolute atomic E-state index is 0.0496.